The summed E-state index contributed by atoms with van der Waals surface area (Å²) >= 11 is 13.5. The second kappa shape index (κ2) is 7.77. The summed E-state index contributed by atoms with van der Waals surface area (Å²) in [4.78, 5) is 26.8. The lowest BCUT2D eigenvalue weighted by molar-refractivity contribution is -0.147. The minimum absolute atomic E-state index is 0.0774. The molecule has 1 heterocycles. The van der Waals surface area contributed by atoms with Crippen LogP contribution in [0.3, 0.4) is 0 Å². The van der Waals surface area contributed by atoms with E-state index in [1.165, 1.54) is 6.07 Å². The van der Waals surface area contributed by atoms with Gasteiger partial charge in [-0.1, -0.05) is 37.0 Å². The lowest BCUT2D eigenvalue weighted by atomic mass is 10.1. The average molecular weight is 376 g/mol. The first-order chi connectivity index (χ1) is 10.9. The zero-order valence-corrected chi connectivity index (χ0v) is 15.5. The molecule has 1 saturated heterocycles. The Labute approximate surface area is 150 Å². The van der Waals surface area contributed by atoms with E-state index in [1.807, 2.05) is 13.8 Å². The van der Waals surface area contributed by atoms with Gasteiger partial charge in [0.15, 0.2) is 0 Å². The Balaban J connectivity index is 2.33. The average Bonchev–Trinajstić information content (AvgIpc) is 2.94. The van der Waals surface area contributed by atoms with Crippen LogP contribution >= 0.6 is 35.0 Å². The zero-order valence-electron chi connectivity index (χ0n) is 13.2. The first kappa shape index (κ1) is 18.4. The Hall–Kier alpha value is -0.910. The highest BCUT2D eigenvalue weighted by molar-refractivity contribution is 8.00. The van der Waals surface area contributed by atoms with Gasteiger partial charge in [0.2, 0.25) is 0 Å². The number of rotatable bonds is 4. The molecule has 0 aliphatic carbocycles. The molecule has 1 aliphatic heterocycles. The molecule has 0 N–H and O–H groups in total. The lowest BCUT2D eigenvalue weighted by Gasteiger charge is -2.30. The third-order valence-electron chi connectivity index (χ3n) is 3.56. The number of thioether (sulfide) groups is 1. The van der Waals surface area contributed by atoms with E-state index in [2.05, 4.69) is 0 Å². The number of carbonyl (C=O) groups excluding carboxylic acids is 2. The molecule has 2 rings (SSSR count). The quantitative estimate of drug-likeness (QED) is 0.743. The van der Waals surface area contributed by atoms with Gasteiger partial charge in [0.05, 0.1) is 22.0 Å². The Morgan fingerprint density at radius 2 is 2.04 bits per heavy atom. The van der Waals surface area contributed by atoms with Crippen molar-refractivity contribution < 1.29 is 14.3 Å². The maximum Gasteiger partial charge on any atom is 0.329 e. The number of carbonyl (C=O) groups is 2. The Morgan fingerprint density at radius 3 is 2.61 bits per heavy atom. The van der Waals surface area contributed by atoms with Gasteiger partial charge in [0.25, 0.3) is 5.91 Å². The molecule has 23 heavy (non-hydrogen) atoms. The van der Waals surface area contributed by atoms with E-state index in [9.17, 15) is 9.59 Å². The number of ether oxygens (including phenoxy) is 1. The van der Waals surface area contributed by atoms with Crippen LogP contribution in [0.25, 0.3) is 0 Å². The molecule has 0 aromatic heterocycles. The van der Waals surface area contributed by atoms with Crippen LogP contribution in [0.2, 0.25) is 10.0 Å². The fraction of sp³-hybridized carbons (Fsp3) is 0.500. The summed E-state index contributed by atoms with van der Waals surface area (Å²) in [6.45, 7) is 6.10. The maximum absolute atomic E-state index is 12.9. The van der Waals surface area contributed by atoms with Crippen molar-refractivity contribution in [2.75, 3.05) is 12.4 Å². The molecule has 1 amide bonds. The molecule has 4 nitrogen and oxygen atoms in total. The van der Waals surface area contributed by atoms with E-state index < -0.39 is 6.04 Å². The molecule has 0 radical (unpaired) electrons. The van der Waals surface area contributed by atoms with Crippen molar-refractivity contribution in [2.45, 2.75) is 32.2 Å². The molecule has 126 valence electrons. The van der Waals surface area contributed by atoms with Crippen LogP contribution in [0.15, 0.2) is 18.2 Å². The highest BCUT2D eigenvalue weighted by Gasteiger charge is 2.43. The third kappa shape index (κ3) is 3.95. The Bertz CT molecular complexity index is 609. The van der Waals surface area contributed by atoms with Gasteiger partial charge in [-0.05, 0) is 31.0 Å². The van der Waals surface area contributed by atoms with Gasteiger partial charge in [-0.15, -0.1) is 11.8 Å². The van der Waals surface area contributed by atoms with Crippen LogP contribution in [0.1, 0.15) is 31.1 Å². The Morgan fingerprint density at radius 1 is 1.35 bits per heavy atom. The van der Waals surface area contributed by atoms with E-state index in [0.717, 1.165) is 0 Å². The number of nitrogens with zero attached hydrogens (tertiary/aromatic N) is 1. The molecule has 1 aromatic carbocycles. The number of halogens is 2. The minimum atomic E-state index is -0.575. The summed E-state index contributed by atoms with van der Waals surface area (Å²) in [6.07, 6.45) is 0. The summed E-state index contributed by atoms with van der Waals surface area (Å²) < 4.78 is 5.12. The lowest BCUT2D eigenvalue weighted by Crippen LogP contribution is -2.47. The van der Waals surface area contributed by atoms with E-state index in [1.54, 1.807) is 35.7 Å². The first-order valence-electron chi connectivity index (χ1n) is 7.42. The highest BCUT2D eigenvalue weighted by atomic mass is 35.5. The standard InChI is InChI=1S/C16H19Cl2NO3S/c1-4-22-16(21)13-8-23-15(9(2)3)19(13)14(20)10-5-6-11(17)12(18)7-10/h5-7,9,13,15H,4,8H2,1-3H3. The van der Waals surface area contributed by atoms with Crippen molar-refractivity contribution in [1.29, 1.82) is 0 Å². The van der Waals surface area contributed by atoms with Crippen molar-refractivity contribution in [2.24, 2.45) is 5.92 Å². The SMILES string of the molecule is CCOC(=O)C1CSC(C(C)C)N1C(=O)c1ccc(Cl)c(Cl)c1. The second-order valence-electron chi connectivity index (χ2n) is 5.58. The van der Waals surface area contributed by atoms with Crippen molar-refractivity contribution >= 4 is 46.8 Å². The zero-order chi connectivity index (χ0) is 17.1. The van der Waals surface area contributed by atoms with Crippen LogP contribution in [0.4, 0.5) is 0 Å². The number of benzene rings is 1. The van der Waals surface area contributed by atoms with E-state index >= 15 is 0 Å². The van der Waals surface area contributed by atoms with Gasteiger partial charge in [0, 0.05) is 11.3 Å². The predicted molar refractivity (Wildman–Crippen MR) is 94.1 cm³/mol. The summed E-state index contributed by atoms with van der Waals surface area (Å²) in [5.41, 5.74) is 0.418. The molecule has 2 atom stereocenters. The van der Waals surface area contributed by atoms with Crippen LogP contribution in [-0.2, 0) is 9.53 Å². The summed E-state index contributed by atoms with van der Waals surface area (Å²) in [5, 5.41) is 0.630. The molecule has 1 aromatic rings. The van der Waals surface area contributed by atoms with E-state index in [4.69, 9.17) is 27.9 Å². The van der Waals surface area contributed by atoms with E-state index in [-0.39, 0.29) is 23.2 Å². The van der Waals surface area contributed by atoms with Crippen molar-refractivity contribution in [1.82, 2.24) is 4.90 Å². The predicted octanol–water partition coefficient (Wildman–Crippen LogP) is 4.10. The fourth-order valence-electron chi connectivity index (χ4n) is 2.50. The monoisotopic (exact) mass is 375 g/mol. The van der Waals surface area contributed by atoms with Crippen molar-refractivity contribution in [3.05, 3.63) is 33.8 Å². The van der Waals surface area contributed by atoms with Gasteiger partial charge >= 0.3 is 5.97 Å². The molecular weight excluding hydrogens is 357 g/mol. The van der Waals surface area contributed by atoms with Gasteiger partial charge < -0.3 is 9.64 Å². The Kier molecular flexibility index (Phi) is 6.23. The molecule has 0 saturated carbocycles. The topological polar surface area (TPSA) is 46.6 Å². The molecule has 0 spiro atoms. The number of esters is 1. The second-order valence-corrected chi connectivity index (χ2v) is 7.54. The van der Waals surface area contributed by atoms with Crippen LogP contribution in [-0.4, -0.2) is 40.6 Å². The highest BCUT2D eigenvalue weighted by Crippen LogP contribution is 2.36. The molecule has 0 bridgehead atoms. The van der Waals surface area contributed by atoms with Gasteiger partial charge in [-0.2, -0.15) is 0 Å². The third-order valence-corrected chi connectivity index (χ3v) is 5.93. The summed E-state index contributed by atoms with van der Waals surface area (Å²) in [5.74, 6) is 0.155. The van der Waals surface area contributed by atoms with Crippen LogP contribution in [0, 0.1) is 5.92 Å². The molecule has 2 unspecified atom stereocenters. The normalized spacial score (nSPS) is 20.9. The van der Waals surface area contributed by atoms with Crippen LogP contribution < -0.4 is 0 Å². The van der Waals surface area contributed by atoms with Gasteiger partial charge in [-0.3, -0.25) is 4.79 Å². The largest absolute Gasteiger partial charge is 0.464 e. The number of hydrogen-bond acceptors (Lipinski definition) is 4. The van der Waals surface area contributed by atoms with E-state index in [0.29, 0.717) is 28.0 Å². The van der Waals surface area contributed by atoms with Gasteiger partial charge in [0.1, 0.15) is 6.04 Å². The molecule has 1 aliphatic rings. The minimum Gasteiger partial charge on any atom is -0.464 e. The summed E-state index contributed by atoms with van der Waals surface area (Å²) in [7, 11) is 0. The van der Waals surface area contributed by atoms with Crippen molar-refractivity contribution in [3.8, 4) is 0 Å². The van der Waals surface area contributed by atoms with Crippen molar-refractivity contribution in [3.63, 3.8) is 0 Å². The number of amides is 1. The summed E-state index contributed by atoms with van der Waals surface area (Å²) in [6, 6.07) is 4.17. The molecule has 7 heteroatoms. The number of hydrogen-bond donors (Lipinski definition) is 0. The fourth-order valence-corrected chi connectivity index (χ4v) is 4.26. The first-order valence-corrected chi connectivity index (χ1v) is 9.23. The molecule has 1 fully saturated rings. The smallest absolute Gasteiger partial charge is 0.329 e. The van der Waals surface area contributed by atoms with Crippen LogP contribution in [0.5, 0.6) is 0 Å². The maximum atomic E-state index is 12.9. The molecular formula is C16H19Cl2NO3S. The van der Waals surface area contributed by atoms with Gasteiger partial charge in [-0.25, -0.2) is 4.79 Å².